The van der Waals surface area contributed by atoms with E-state index < -0.39 is 30.3 Å². The van der Waals surface area contributed by atoms with E-state index in [1.54, 1.807) is 31.2 Å². The molecule has 0 saturated heterocycles. The van der Waals surface area contributed by atoms with Gasteiger partial charge in [0.25, 0.3) is 5.91 Å². The first-order valence-corrected chi connectivity index (χ1v) is 10.5. The zero-order valence-electron chi connectivity index (χ0n) is 18.5. The number of fused-ring (bicyclic) bond motifs is 1. The molecule has 4 rings (SSSR count). The predicted molar refractivity (Wildman–Crippen MR) is 127 cm³/mol. The Kier molecular flexibility index (Phi) is 6.68. The van der Waals surface area contributed by atoms with Crippen LogP contribution in [-0.2, 0) is 9.53 Å². The summed E-state index contributed by atoms with van der Waals surface area (Å²) in [5.74, 6) is -2.23. The van der Waals surface area contributed by atoms with Gasteiger partial charge in [0.15, 0.2) is 17.6 Å². The number of imide groups is 1. The number of para-hydroxylation sites is 2. The third kappa shape index (κ3) is 5.09. The van der Waals surface area contributed by atoms with E-state index in [4.69, 9.17) is 9.15 Å². The fourth-order valence-corrected chi connectivity index (χ4v) is 3.42. The number of amides is 3. The number of rotatable bonds is 5. The minimum absolute atomic E-state index is 0.0182. The van der Waals surface area contributed by atoms with Crippen LogP contribution in [0.1, 0.15) is 15.9 Å². The second-order valence-electron chi connectivity index (χ2n) is 7.49. The van der Waals surface area contributed by atoms with E-state index in [0.717, 1.165) is 6.07 Å². The van der Waals surface area contributed by atoms with Gasteiger partial charge in [-0.25, -0.2) is 14.0 Å². The highest BCUT2D eigenvalue weighted by atomic mass is 19.1. The number of urea groups is 1. The molecule has 8 nitrogen and oxygen atoms in total. The van der Waals surface area contributed by atoms with Crippen LogP contribution in [0.5, 0.6) is 0 Å². The maximum absolute atomic E-state index is 13.6. The van der Waals surface area contributed by atoms with Gasteiger partial charge >= 0.3 is 12.0 Å². The summed E-state index contributed by atoms with van der Waals surface area (Å²) in [6, 6.07) is 17.8. The first-order valence-electron chi connectivity index (χ1n) is 10.5. The van der Waals surface area contributed by atoms with Gasteiger partial charge in [0, 0.05) is 11.1 Å². The second-order valence-corrected chi connectivity index (χ2v) is 7.49. The van der Waals surface area contributed by atoms with E-state index in [9.17, 15) is 23.6 Å². The molecule has 4 aromatic rings. The Morgan fingerprint density at radius 1 is 0.943 bits per heavy atom. The first-order chi connectivity index (χ1) is 16.8. The van der Waals surface area contributed by atoms with Crippen LogP contribution in [0.15, 0.2) is 82.0 Å². The van der Waals surface area contributed by atoms with Crippen LogP contribution in [-0.4, -0.2) is 24.5 Å². The zero-order valence-corrected chi connectivity index (χ0v) is 18.5. The highest BCUT2D eigenvalue weighted by Gasteiger charge is 2.20. The Labute approximate surface area is 198 Å². The molecule has 35 heavy (non-hydrogen) atoms. The quantitative estimate of drug-likeness (QED) is 0.414. The molecule has 0 unspecified atom stereocenters. The van der Waals surface area contributed by atoms with Gasteiger partial charge in [-0.05, 0) is 31.2 Å². The molecule has 176 valence electrons. The van der Waals surface area contributed by atoms with Crippen LogP contribution in [0.4, 0.5) is 14.9 Å². The molecule has 0 spiro atoms. The summed E-state index contributed by atoms with van der Waals surface area (Å²) in [5, 5.41) is 4.31. The Morgan fingerprint density at radius 2 is 1.66 bits per heavy atom. The molecule has 9 heteroatoms. The predicted octanol–water partition coefficient (Wildman–Crippen LogP) is 4.41. The van der Waals surface area contributed by atoms with Crippen LogP contribution >= 0.6 is 0 Å². The van der Waals surface area contributed by atoms with Crippen molar-refractivity contribution in [3.8, 4) is 11.3 Å². The molecule has 2 N–H and O–H groups in total. The van der Waals surface area contributed by atoms with E-state index >= 15 is 0 Å². The van der Waals surface area contributed by atoms with Crippen LogP contribution in [0.25, 0.3) is 22.3 Å². The smallest absolute Gasteiger partial charge is 0.342 e. The number of hydrogen-bond acceptors (Lipinski definition) is 6. The largest absolute Gasteiger partial charge is 0.455 e. The Bertz CT molecular complexity index is 1500. The van der Waals surface area contributed by atoms with E-state index in [1.807, 2.05) is 11.4 Å². The van der Waals surface area contributed by atoms with Gasteiger partial charge in [0.1, 0.15) is 17.1 Å². The van der Waals surface area contributed by atoms with Crippen molar-refractivity contribution in [2.75, 3.05) is 11.9 Å². The van der Waals surface area contributed by atoms with E-state index in [2.05, 4.69) is 5.32 Å². The van der Waals surface area contributed by atoms with Crippen molar-refractivity contribution in [2.24, 2.45) is 0 Å². The molecule has 0 aliphatic carbocycles. The summed E-state index contributed by atoms with van der Waals surface area (Å²) in [5.41, 5.74) is 0.583. The number of benzene rings is 3. The fraction of sp³-hybridized carbons (Fsp3) is 0.0769. The number of esters is 1. The standard InChI is InChI=1S/C26H19FN2O6/c1-15-22(31)17-10-7-11-18(24(17)35-23(15)16-8-3-2-4-9-16)25(32)34-14-21(30)29-26(33)28-20-13-6-5-12-19(20)27/h2-13H,14H2,1H3,(H2,28,29,30,33). The Balaban J connectivity index is 1.50. The average Bonchev–Trinajstić information content (AvgIpc) is 2.86. The number of anilines is 1. The zero-order chi connectivity index (χ0) is 24.9. The lowest BCUT2D eigenvalue weighted by atomic mass is 10.0. The average molecular weight is 474 g/mol. The lowest BCUT2D eigenvalue weighted by molar-refractivity contribution is -0.123. The van der Waals surface area contributed by atoms with Crippen molar-refractivity contribution >= 4 is 34.6 Å². The van der Waals surface area contributed by atoms with Gasteiger partial charge in [0.2, 0.25) is 0 Å². The van der Waals surface area contributed by atoms with Crippen LogP contribution in [0.3, 0.4) is 0 Å². The molecule has 3 aromatic carbocycles. The van der Waals surface area contributed by atoms with Crippen molar-refractivity contribution in [3.63, 3.8) is 0 Å². The lowest BCUT2D eigenvalue weighted by Gasteiger charge is -2.11. The molecule has 0 radical (unpaired) electrons. The SMILES string of the molecule is Cc1c(-c2ccccc2)oc2c(C(=O)OCC(=O)NC(=O)Nc3ccccc3F)cccc2c1=O. The third-order valence-electron chi connectivity index (χ3n) is 5.11. The summed E-state index contributed by atoms with van der Waals surface area (Å²) in [4.78, 5) is 49.6. The molecule has 0 bridgehead atoms. The minimum Gasteiger partial charge on any atom is -0.455 e. The molecule has 1 heterocycles. The van der Waals surface area contributed by atoms with Gasteiger partial charge in [0.05, 0.1) is 11.1 Å². The number of carbonyl (C=O) groups excluding carboxylic acids is 3. The summed E-state index contributed by atoms with van der Waals surface area (Å²) >= 11 is 0. The molecule has 0 aliphatic rings. The van der Waals surface area contributed by atoms with Crippen molar-refractivity contribution < 1.29 is 27.9 Å². The molecular formula is C26H19FN2O6. The maximum Gasteiger partial charge on any atom is 0.342 e. The lowest BCUT2D eigenvalue weighted by Crippen LogP contribution is -2.37. The molecule has 0 fully saturated rings. The van der Waals surface area contributed by atoms with E-state index in [-0.39, 0.29) is 27.6 Å². The second kappa shape index (κ2) is 10.0. The highest BCUT2D eigenvalue weighted by Crippen LogP contribution is 2.27. The summed E-state index contributed by atoms with van der Waals surface area (Å²) in [6.45, 7) is 0.844. The van der Waals surface area contributed by atoms with Gasteiger partial charge in [-0.2, -0.15) is 0 Å². The van der Waals surface area contributed by atoms with Crippen molar-refractivity contribution in [2.45, 2.75) is 6.92 Å². The first kappa shape index (κ1) is 23.4. The molecule has 0 atom stereocenters. The summed E-state index contributed by atoms with van der Waals surface area (Å²) in [6.07, 6.45) is 0. The Hall–Kier alpha value is -4.79. The highest BCUT2D eigenvalue weighted by molar-refractivity contribution is 6.04. The van der Waals surface area contributed by atoms with Gasteiger partial charge in [-0.15, -0.1) is 0 Å². The van der Waals surface area contributed by atoms with E-state index in [0.29, 0.717) is 16.9 Å². The molecule has 3 amide bonds. The third-order valence-corrected chi connectivity index (χ3v) is 5.11. The van der Waals surface area contributed by atoms with Crippen molar-refractivity contribution in [1.82, 2.24) is 5.32 Å². The molecular weight excluding hydrogens is 455 g/mol. The topological polar surface area (TPSA) is 115 Å². The summed E-state index contributed by atoms with van der Waals surface area (Å²) < 4.78 is 24.6. The Morgan fingerprint density at radius 3 is 2.40 bits per heavy atom. The van der Waals surface area contributed by atoms with Crippen molar-refractivity contribution in [3.05, 3.63) is 100.0 Å². The van der Waals surface area contributed by atoms with Gasteiger partial charge < -0.3 is 14.5 Å². The molecule has 0 saturated carbocycles. The fourth-order valence-electron chi connectivity index (χ4n) is 3.42. The van der Waals surface area contributed by atoms with Gasteiger partial charge in [-0.1, -0.05) is 48.5 Å². The minimum atomic E-state index is -0.990. The molecule has 0 aliphatic heterocycles. The van der Waals surface area contributed by atoms with Crippen LogP contribution in [0.2, 0.25) is 0 Å². The monoisotopic (exact) mass is 474 g/mol. The number of hydrogen-bond donors (Lipinski definition) is 2. The number of nitrogens with one attached hydrogen (secondary N) is 2. The maximum atomic E-state index is 13.6. The van der Waals surface area contributed by atoms with Crippen LogP contribution in [0, 0.1) is 12.7 Å². The number of ether oxygens (including phenoxy) is 1. The van der Waals surface area contributed by atoms with Crippen molar-refractivity contribution in [1.29, 1.82) is 0 Å². The summed E-state index contributed by atoms with van der Waals surface area (Å²) in [7, 11) is 0. The van der Waals surface area contributed by atoms with E-state index in [1.165, 1.54) is 36.4 Å². The number of halogens is 1. The van der Waals surface area contributed by atoms with Crippen LogP contribution < -0.4 is 16.1 Å². The van der Waals surface area contributed by atoms with Gasteiger partial charge in [-0.3, -0.25) is 14.9 Å². The molecule has 1 aromatic heterocycles. The normalized spacial score (nSPS) is 10.6. The number of carbonyl (C=O) groups is 3.